The Kier molecular flexibility index (Phi) is 3.84. The maximum atomic E-state index is 12.6. The maximum Gasteiger partial charge on any atom is 0.416 e. The van der Waals surface area contributed by atoms with E-state index in [0.717, 1.165) is 17.7 Å². The Labute approximate surface area is 117 Å². The van der Waals surface area contributed by atoms with Gasteiger partial charge in [-0.2, -0.15) is 13.2 Å². The number of nitro groups is 1. The van der Waals surface area contributed by atoms with Crippen LogP contribution in [0.3, 0.4) is 0 Å². The normalized spacial score (nSPS) is 11.2. The van der Waals surface area contributed by atoms with Crippen LogP contribution in [0.2, 0.25) is 0 Å². The Balaban J connectivity index is 2.42. The van der Waals surface area contributed by atoms with Crippen molar-refractivity contribution in [3.05, 3.63) is 63.7 Å². The molecule has 2 aromatic carbocycles. The molecule has 0 fully saturated rings. The third-order valence-electron chi connectivity index (χ3n) is 2.70. The fraction of sp³-hybridized carbons (Fsp3) is 0.143. The highest BCUT2D eigenvalue weighted by molar-refractivity contribution is 5.51. The highest BCUT2D eigenvalue weighted by atomic mass is 19.4. The predicted octanol–water partition coefficient (Wildman–Crippen LogP) is 4.71. The van der Waals surface area contributed by atoms with E-state index in [9.17, 15) is 23.3 Å². The van der Waals surface area contributed by atoms with Crippen molar-refractivity contribution in [2.75, 3.05) is 0 Å². The van der Waals surface area contributed by atoms with Gasteiger partial charge in [-0.3, -0.25) is 10.1 Å². The first-order chi connectivity index (χ1) is 9.77. The lowest BCUT2D eigenvalue weighted by atomic mass is 10.2. The van der Waals surface area contributed by atoms with Gasteiger partial charge in [0.1, 0.15) is 5.75 Å². The molecule has 0 radical (unpaired) electrons. The minimum absolute atomic E-state index is 0.237. The van der Waals surface area contributed by atoms with E-state index >= 15 is 0 Å². The van der Waals surface area contributed by atoms with Gasteiger partial charge >= 0.3 is 11.9 Å². The Morgan fingerprint density at radius 2 is 1.86 bits per heavy atom. The second kappa shape index (κ2) is 5.43. The average Bonchev–Trinajstić information content (AvgIpc) is 2.37. The summed E-state index contributed by atoms with van der Waals surface area (Å²) in [5, 5.41) is 10.9. The van der Waals surface area contributed by atoms with Crippen molar-refractivity contribution < 1.29 is 22.8 Å². The van der Waals surface area contributed by atoms with E-state index in [-0.39, 0.29) is 5.75 Å². The lowest BCUT2D eigenvalue weighted by molar-refractivity contribution is -0.385. The number of halogens is 3. The molecule has 7 heteroatoms. The second-order valence-corrected chi connectivity index (χ2v) is 4.36. The standard InChI is InChI=1S/C14H10F3NO3/c1-9-3-2-4-11(7-9)21-13-6-5-10(14(15,16)17)8-12(13)18(19)20/h2-8H,1H3. The number of hydrogen-bond acceptors (Lipinski definition) is 3. The van der Waals surface area contributed by atoms with Crippen molar-refractivity contribution >= 4 is 5.69 Å². The summed E-state index contributed by atoms with van der Waals surface area (Å²) in [4.78, 5) is 10.0. The zero-order valence-electron chi connectivity index (χ0n) is 10.8. The summed E-state index contributed by atoms with van der Waals surface area (Å²) in [6.07, 6.45) is -4.65. The predicted molar refractivity (Wildman–Crippen MR) is 69.4 cm³/mol. The number of aryl methyl sites for hydroxylation is 1. The molecule has 0 bridgehead atoms. The van der Waals surface area contributed by atoms with Gasteiger partial charge in [-0.25, -0.2) is 0 Å². The summed E-state index contributed by atoms with van der Waals surface area (Å²) >= 11 is 0. The van der Waals surface area contributed by atoms with Crippen LogP contribution in [0, 0.1) is 17.0 Å². The van der Waals surface area contributed by atoms with Crippen LogP contribution in [0.5, 0.6) is 11.5 Å². The molecule has 4 nitrogen and oxygen atoms in total. The summed E-state index contributed by atoms with van der Waals surface area (Å²) in [6, 6.07) is 8.83. The zero-order valence-corrected chi connectivity index (χ0v) is 10.8. The van der Waals surface area contributed by atoms with E-state index in [1.807, 2.05) is 0 Å². The first-order valence-electron chi connectivity index (χ1n) is 5.87. The van der Waals surface area contributed by atoms with Crippen LogP contribution in [-0.2, 0) is 6.18 Å². The molecule has 0 unspecified atom stereocenters. The Bertz CT molecular complexity index is 683. The summed E-state index contributed by atoms with van der Waals surface area (Å²) in [5.41, 5.74) is -0.959. The molecule has 0 heterocycles. The van der Waals surface area contributed by atoms with Crippen LogP contribution in [-0.4, -0.2) is 4.92 Å². The molecule has 0 aliphatic carbocycles. The van der Waals surface area contributed by atoms with Crippen molar-refractivity contribution in [1.82, 2.24) is 0 Å². The van der Waals surface area contributed by atoms with Gasteiger partial charge in [0.2, 0.25) is 5.75 Å². The quantitative estimate of drug-likeness (QED) is 0.608. The number of hydrogen-bond donors (Lipinski definition) is 0. The third kappa shape index (κ3) is 3.50. The van der Waals surface area contributed by atoms with E-state index in [2.05, 4.69) is 0 Å². The molecule has 0 saturated carbocycles. The second-order valence-electron chi connectivity index (χ2n) is 4.36. The molecular weight excluding hydrogens is 287 g/mol. The summed E-state index contributed by atoms with van der Waals surface area (Å²) in [5.74, 6) is 0.0801. The van der Waals surface area contributed by atoms with E-state index in [0.29, 0.717) is 11.8 Å². The smallest absolute Gasteiger partial charge is 0.416 e. The van der Waals surface area contributed by atoms with Crippen molar-refractivity contribution in [3.63, 3.8) is 0 Å². The molecule has 0 atom stereocenters. The van der Waals surface area contributed by atoms with Crippen LogP contribution < -0.4 is 4.74 Å². The molecular formula is C14H10F3NO3. The molecule has 2 rings (SSSR count). The monoisotopic (exact) mass is 297 g/mol. The van der Waals surface area contributed by atoms with Crippen LogP contribution in [0.25, 0.3) is 0 Å². The molecule has 0 spiro atoms. The van der Waals surface area contributed by atoms with E-state index in [4.69, 9.17) is 4.74 Å². The van der Waals surface area contributed by atoms with Gasteiger partial charge in [0, 0.05) is 6.07 Å². The SMILES string of the molecule is Cc1cccc(Oc2ccc(C(F)(F)F)cc2[N+](=O)[O-])c1. The first kappa shape index (κ1) is 14.8. The van der Waals surface area contributed by atoms with Crippen molar-refractivity contribution in [3.8, 4) is 11.5 Å². The Morgan fingerprint density at radius 3 is 2.43 bits per heavy atom. The molecule has 0 saturated heterocycles. The van der Waals surface area contributed by atoms with E-state index in [1.165, 1.54) is 0 Å². The first-order valence-corrected chi connectivity index (χ1v) is 5.87. The van der Waals surface area contributed by atoms with Crippen molar-refractivity contribution in [2.45, 2.75) is 13.1 Å². The molecule has 0 amide bonds. The molecule has 21 heavy (non-hydrogen) atoms. The minimum atomic E-state index is -4.65. The topological polar surface area (TPSA) is 52.4 Å². The van der Waals surface area contributed by atoms with Gasteiger partial charge in [0.05, 0.1) is 10.5 Å². The molecule has 0 aliphatic heterocycles. The largest absolute Gasteiger partial charge is 0.450 e. The summed E-state index contributed by atoms with van der Waals surface area (Å²) in [7, 11) is 0. The van der Waals surface area contributed by atoms with Crippen LogP contribution in [0.4, 0.5) is 18.9 Å². The van der Waals surface area contributed by atoms with Crippen LogP contribution in [0.1, 0.15) is 11.1 Å². The number of ether oxygens (including phenoxy) is 1. The third-order valence-corrected chi connectivity index (χ3v) is 2.70. The maximum absolute atomic E-state index is 12.6. The van der Waals surface area contributed by atoms with Crippen molar-refractivity contribution in [2.24, 2.45) is 0 Å². The summed E-state index contributed by atoms with van der Waals surface area (Å²) < 4.78 is 43.0. The van der Waals surface area contributed by atoms with Crippen LogP contribution in [0.15, 0.2) is 42.5 Å². The van der Waals surface area contributed by atoms with Gasteiger partial charge in [0.15, 0.2) is 0 Å². The zero-order chi connectivity index (χ0) is 15.6. The number of rotatable bonds is 3. The van der Waals surface area contributed by atoms with Gasteiger partial charge in [-0.05, 0) is 36.8 Å². The highest BCUT2D eigenvalue weighted by Gasteiger charge is 2.33. The van der Waals surface area contributed by atoms with Gasteiger partial charge in [0.25, 0.3) is 0 Å². The Hall–Kier alpha value is -2.57. The molecule has 0 aliphatic rings. The fourth-order valence-corrected chi connectivity index (χ4v) is 1.73. The van der Waals surface area contributed by atoms with Gasteiger partial charge < -0.3 is 4.74 Å². The number of alkyl halides is 3. The number of nitro benzene ring substituents is 1. The number of benzene rings is 2. The minimum Gasteiger partial charge on any atom is -0.450 e. The van der Waals surface area contributed by atoms with Crippen LogP contribution >= 0.6 is 0 Å². The number of nitrogens with zero attached hydrogens (tertiary/aromatic N) is 1. The lowest BCUT2D eigenvalue weighted by Crippen LogP contribution is -2.06. The van der Waals surface area contributed by atoms with Crippen molar-refractivity contribution in [1.29, 1.82) is 0 Å². The highest BCUT2D eigenvalue weighted by Crippen LogP contribution is 2.37. The Morgan fingerprint density at radius 1 is 1.14 bits per heavy atom. The fourth-order valence-electron chi connectivity index (χ4n) is 1.73. The molecule has 2 aromatic rings. The average molecular weight is 297 g/mol. The lowest BCUT2D eigenvalue weighted by Gasteiger charge is -2.10. The molecule has 0 N–H and O–H groups in total. The van der Waals surface area contributed by atoms with Gasteiger partial charge in [-0.1, -0.05) is 12.1 Å². The summed E-state index contributed by atoms with van der Waals surface area (Å²) in [6.45, 7) is 1.80. The van der Waals surface area contributed by atoms with E-state index < -0.39 is 22.4 Å². The molecule has 0 aromatic heterocycles. The molecule has 110 valence electrons. The van der Waals surface area contributed by atoms with Gasteiger partial charge in [-0.15, -0.1) is 0 Å². The van der Waals surface area contributed by atoms with E-state index in [1.54, 1.807) is 31.2 Å².